The number of aromatic hydroxyl groups is 1. The fourth-order valence-electron chi connectivity index (χ4n) is 4.16. The molecule has 178 valence electrons. The lowest BCUT2D eigenvalue weighted by atomic mass is 9.98. The summed E-state index contributed by atoms with van der Waals surface area (Å²) in [6.45, 7) is -0.194. The minimum Gasteiger partial charge on any atom is -0.507 e. The lowest BCUT2D eigenvalue weighted by Gasteiger charge is -2.43. The number of aliphatic hydroxyl groups is 2. The minimum absolute atomic E-state index is 0.0151. The first-order chi connectivity index (χ1) is 16.4. The van der Waals surface area contributed by atoms with E-state index in [9.17, 15) is 24.9 Å². The molecule has 0 amide bonds. The van der Waals surface area contributed by atoms with Crippen molar-refractivity contribution < 1.29 is 48.3 Å². The summed E-state index contributed by atoms with van der Waals surface area (Å²) < 4.78 is 26.3. The molecule has 5 rings (SSSR count). The number of carbonyl (C=O) groups is 2. The second-order valence-electron chi connectivity index (χ2n) is 8.15. The smallest absolute Gasteiger partial charge is 0.507 e. The van der Waals surface area contributed by atoms with Crippen molar-refractivity contribution in [2.45, 2.75) is 43.5 Å². The van der Waals surface area contributed by atoms with Crippen LogP contribution >= 0.6 is 0 Å². The molecule has 10 heteroatoms. The molecular formula is C24H22O10. The van der Waals surface area contributed by atoms with E-state index in [4.69, 9.17) is 23.4 Å². The molecule has 34 heavy (non-hydrogen) atoms. The SMILES string of the molecule is O=C1OC[C@H]2O[C@@H](Oc3cccc(O)c3C(=O)CCc3ccc4occc4c3)[C@H](O)[C@@H](O)[C@@H]2O1. The normalized spacial score (nSPS) is 26.4. The van der Waals surface area contributed by atoms with Crippen LogP contribution in [0.15, 0.2) is 53.1 Å². The molecule has 1 aromatic heterocycles. The summed E-state index contributed by atoms with van der Waals surface area (Å²) in [7, 11) is 0. The van der Waals surface area contributed by atoms with Crippen molar-refractivity contribution in [3.63, 3.8) is 0 Å². The molecule has 3 N–H and O–H groups in total. The molecule has 0 unspecified atom stereocenters. The van der Waals surface area contributed by atoms with Crippen molar-refractivity contribution in [3.8, 4) is 11.5 Å². The van der Waals surface area contributed by atoms with Gasteiger partial charge in [-0.2, -0.15) is 0 Å². The number of rotatable bonds is 6. The molecule has 2 aromatic carbocycles. The maximum atomic E-state index is 13.0. The Morgan fingerprint density at radius 2 is 1.97 bits per heavy atom. The number of ketones is 1. The fourth-order valence-corrected chi connectivity index (χ4v) is 4.16. The predicted molar refractivity (Wildman–Crippen MR) is 114 cm³/mol. The van der Waals surface area contributed by atoms with Crippen LogP contribution in [-0.4, -0.2) is 64.6 Å². The van der Waals surface area contributed by atoms with Crippen LogP contribution in [0.1, 0.15) is 22.3 Å². The van der Waals surface area contributed by atoms with E-state index in [1.807, 2.05) is 24.3 Å². The number of fused-ring (bicyclic) bond motifs is 2. The van der Waals surface area contributed by atoms with E-state index < -0.39 is 36.9 Å². The van der Waals surface area contributed by atoms with Gasteiger partial charge in [0, 0.05) is 11.8 Å². The largest absolute Gasteiger partial charge is 0.508 e. The van der Waals surface area contributed by atoms with Gasteiger partial charge in [0.1, 0.15) is 47.6 Å². The van der Waals surface area contributed by atoms with E-state index in [0.717, 1.165) is 16.5 Å². The zero-order valence-corrected chi connectivity index (χ0v) is 17.8. The highest BCUT2D eigenvalue weighted by Crippen LogP contribution is 2.34. The van der Waals surface area contributed by atoms with Gasteiger partial charge in [-0.15, -0.1) is 0 Å². The third-order valence-corrected chi connectivity index (χ3v) is 5.92. The second-order valence-corrected chi connectivity index (χ2v) is 8.15. The molecular weight excluding hydrogens is 448 g/mol. The summed E-state index contributed by atoms with van der Waals surface area (Å²) in [5.74, 6) is -0.677. The number of carbonyl (C=O) groups excluding carboxylic acids is 2. The molecule has 0 saturated carbocycles. The van der Waals surface area contributed by atoms with Crippen LogP contribution in [0.3, 0.4) is 0 Å². The lowest BCUT2D eigenvalue weighted by molar-refractivity contribution is -0.291. The van der Waals surface area contributed by atoms with Gasteiger partial charge in [0.2, 0.25) is 6.29 Å². The highest BCUT2D eigenvalue weighted by atomic mass is 16.8. The first-order valence-electron chi connectivity index (χ1n) is 10.7. The summed E-state index contributed by atoms with van der Waals surface area (Å²) in [5, 5.41) is 32.2. The summed E-state index contributed by atoms with van der Waals surface area (Å²) in [4.78, 5) is 24.4. The van der Waals surface area contributed by atoms with Crippen molar-refractivity contribution in [3.05, 3.63) is 59.9 Å². The number of hydrogen-bond donors (Lipinski definition) is 3. The van der Waals surface area contributed by atoms with Crippen molar-refractivity contribution in [1.82, 2.24) is 0 Å². The van der Waals surface area contributed by atoms with Gasteiger partial charge in [-0.1, -0.05) is 12.1 Å². The first-order valence-corrected chi connectivity index (χ1v) is 10.7. The third kappa shape index (κ3) is 4.18. The molecule has 0 radical (unpaired) electrons. The number of phenolic OH excluding ortho intramolecular Hbond substituents is 1. The number of cyclic esters (lactones) is 1. The standard InChI is InChI=1S/C24H22O10/c25-14-2-1-3-17(32-23-21(28)20(27)22-18(33-23)11-31-24(29)34-22)19(14)15(26)6-4-12-5-7-16-13(10-12)8-9-30-16/h1-3,5,7-10,18,20-23,25,27-28H,4,6,11H2/t18-,20-,21-,22-,23-/m1/s1. The van der Waals surface area contributed by atoms with Crippen LogP contribution in [0.25, 0.3) is 11.0 Å². The first kappa shape index (κ1) is 22.2. The van der Waals surface area contributed by atoms with Crippen LogP contribution in [0, 0.1) is 0 Å². The van der Waals surface area contributed by atoms with Gasteiger partial charge >= 0.3 is 6.16 Å². The van der Waals surface area contributed by atoms with Crippen molar-refractivity contribution in [2.75, 3.05) is 6.61 Å². The molecule has 0 bridgehead atoms. The van der Waals surface area contributed by atoms with Crippen LogP contribution in [0.5, 0.6) is 11.5 Å². The van der Waals surface area contributed by atoms with Gasteiger partial charge in [-0.25, -0.2) is 4.79 Å². The Kier molecular flexibility index (Phi) is 5.86. The fraction of sp³-hybridized carbons (Fsp3) is 0.333. The van der Waals surface area contributed by atoms with E-state index in [1.165, 1.54) is 18.2 Å². The van der Waals surface area contributed by atoms with Crippen molar-refractivity contribution >= 4 is 22.9 Å². The number of furan rings is 1. The Bertz CT molecular complexity index is 1220. The third-order valence-electron chi connectivity index (χ3n) is 5.92. The average molecular weight is 470 g/mol. The molecule has 3 heterocycles. The highest BCUT2D eigenvalue weighted by molar-refractivity contribution is 6.01. The number of Topliss-reactive ketones (excluding diaryl/α,β-unsaturated/α-hetero) is 1. The number of benzene rings is 2. The second kappa shape index (κ2) is 8.98. The summed E-state index contributed by atoms with van der Waals surface area (Å²) >= 11 is 0. The Labute approximate surface area is 193 Å². The number of phenols is 1. The van der Waals surface area contributed by atoms with Crippen molar-refractivity contribution in [2.24, 2.45) is 0 Å². The van der Waals surface area contributed by atoms with Crippen LogP contribution in [-0.2, 0) is 20.6 Å². The predicted octanol–water partition coefficient (Wildman–Crippen LogP) is 2.31. The molecule has 10 nitrogen and oxygen atoms in total. The lowest BCUT2D eigenvalue weighted by Crippen LogP contribution is -2.63. The van der Waals surface area contributed by atoms with Crippen molar-refractivity contribution in [1.29, 1.82) is 0 Å². The monoisotopic (exact) mass is 470 g/mol. The summed E-state index contributed by atoms with van der Waals surface area (Å²) in [6.07, 6.45) is -5.34. The maximum absolute atomic E-state index is 13.0. The molecule has 0 spiro atoms. The Morgan fingerprint density at radius 3 is 2.82 bits per heavy atom. The topological polar surface area (TPSA) is 145 Å². The molecule has 0 aliphatic carbocycles. The molecule has 3 aromatic rings. The quantitative estimate of drug-likeness (QED) is 0.362. The van der Waals surface area contributed by atoms with Gasteiger partial charge in [-0.05, 0) is 42.3 Å². The van der Waals surface area contributed by atoms with E-state index in [-0.39, 0.29) is 35.9 Å². The molecule has 5 atom stereocenters. The highest BCUT2D eigenvalue weighted by Gasteiger charge is 2.50. The molecule has 2 saturated heterocycles. The molecule has 2 aliphatic rings. The molecule has 2 aliphatic heterocycles. The summed E-state index contributed by atoms with van der Waals surface area (Å²) in [5.41, 5.74) is 1.61. The number of aliphatic hydroxyl groups excluding tert-OH is 2. The number of hydrogen-bond acceptors (Lipinski definition) is 10. The van der Waals surface area contributed by atoms with Gasteiger partial charge < -0.3 is 38.7 Å². The molecule has 2 fully saturated rings. The maximum Gasteiger partial charge on any atom is 0.508 e. The number of ether oxygens (including phenoxy) is 4. The minimum atomic E-state index is -1.58. The zero-order valence-electron chi connectivity index (χ0n) is 17.8. The van der Waals surface area contributed by atoms with Crippen LogP contribution < -0.4 is 4.74 Å². The van der Waals surface area contributed by atoms with Gasteiger partial charge in [0.05, 0.1) is 6.26 Å². The van der Waals surface area contributed by atoms with E-state index >= 15 is 0 Å². The average Bonchev–Trinajstić information content (AvgIpc) is 3.29. The Balaban J connectivity index is 1.32. The zero-order chi connectivity index (χ0) is 23.8. The van der Waals surface area contributed by atoms with E-state index in [2.05, 4.69) is 0 Å². The van der Waals surface area contributed by atoms with Gasteiger partial charge in [0.25, 0.3) is 0 Å². The van der Waals surface area contributed by atoms with Gasteiger partial charge in [-0.3, -0.25) is 4.79 Å². The number of aryl methyl sites for hydroxylation is 1. The van der Waals surface area contributed by atoms with Crippen LogP contribution in [0.2, 0.25) is 0 Å². The van der Waals surface area contributed by atoms with Gasteiger partial charge in [0.15, 0.2) is 11.9 Å². The van der Waals surface area contributed by atoms with E-state index in [1.54, 1.807) is 6.26 Å². The Hall–Kier alpha value is -3.60. The van der Waals surface area contributed by atoms with E-state index in [0.29, 0.717) is 6.42 Å². The van der Waals surface area contributed by atoms with Crippen LogP contribution in [0.4, 0.5) is 4.79 Å². The Morgan fingerprint density at radius 1 is 1.12 bits per heavy atom. The summed E-state index contributed by atoms with van der Waals surface area (Å²) in [6, 6.07) is 11.8.